The topological polar surface area (TPSA) is 67.4 Å². The molecule has 0 fully saturated rings. The van der Waals surface area contributed by atoms with Gasteiger partial charge in [-0.3, -0.25) is 9.59 Å². The van der Waals surface area contributed by atoms with Gasteiger partial charge in [0.15, 0.2) is 0 Å². The second kappa shape index (κ2) is 11.2. The lowest BCUT2D eigenvalue weighted by Crippen LogP contribution is -2.37. The van der Waals surface area contributed by atoms with Crippen LogP contribution < -0.4 is 15.4 Å². The molecular formula is C24H23BrN2O3. The van der Waals surface area contributed by atoms with Gasteiger partial charge in [-0.25, -0.2) is 0 Å². The zero-order valence-corrected chi connectivity index (χ0v) is 18.0. The molecule has 3 rings (SSSR count). The molecule has 0 aliphatic heterocycles. The molecule has 154 valence electrons. The normalized spacial score (nSPS) is 10.3. The minimum atomic E-state index is -0.349. The van der Waals surface area contributed by atoms with Crippen molar-refractivity contribution < 1.29 is 14.3 Å². The summed E-state index contributed by atoms with van der Waals surface area (Å²) in [4.78, 5) is 24.6. The van der Waals surface area contributed by atoms with Crippen molar-refractivity contribution in [3.05, 3.63) is 100 Å². The highest BCUT2D eigenvalue weighted by molar-refractivity contribution is 9.10. The van der Waals surface area contributed by atoms with Crippen molar-refractivity contribution in [1.82, 2.24) is 10.6 Å². The van der Waals surface area contributed by atoms with E-state index >= 15 is 0 Å². The van der Waals surface area contributed by atoms with E-state index in [1.807, 2.05) is 60.7 Å². The summed E-state index contributed by atoms with van der Waals surface area (Å²) >= 11 is 3.43. The van der Waals surface area contributed by atoms with Crippen molar-refractivity contribution >= 4 is 27.7 Å². The first-order valence-electron chi connectivity index (χ1n) is 9.67. The van der Waals surface area contributed by atoms with Crippen LogP contribution in [-0.4, -0.2) is 24.9 Å². The number of ether oxygens (including phenoxy) is 1. The molecule has 0 aromatic heterocycles. The fourth-order valence-electron chi connectivity index (χ4n) is 2.88. The number of nitrogens with one attached hydrogen (secondary N) is 2. The standard InChI is InChI=1S/C24H23BrN2O3/c25-20-10-6-9-19(15-20)17-30-22-12-5-4-11-21(22)24(29)27-16-23(28)26-14-13-18-7-2-1-3-8-18/h1-12,15H,13-14,16-17H2,(H,26,28)(H,27,29). The maximum Gasteiger partial charge on any atom is 0.255 e. The summed E-state index contributed by atoms with van der Waals surface area (Å²) in [5.41, 5.74) is 2.53. The van der Waals surface area contributed by atoms with Crippen LogP contribution in [0.3, 0.4) is 0 Å². The highest BCUT2D eigenvalue weighted by Gasteiger charge is 2.13. The largest absolute Gasteiger partial charge is 0.488 e. The Morgan fingerprint density at radius 2 is 1.57 bits per heavy atom. The van der Waals surface area contributed by atoms with Crippen LogP contribution in [0, 0.1) is 0 Å². The van der Waals surface area contributed by atoms with E-state index in [4.69, 9.17) is 4.74 Å². The minimum absolute atomic E-state index is 0.0897. The molecule has 0 saturated carbocycles. The van der Waals surface area contributed by atoms with Crippen LogP contribution >= 0.6 is 15.9 Å². The van der Waals surface area contributed by atoms with Crippen LogP contribution in [0.5, 0.6) is 5.75 Å². The molecule has 0 atom stereocenters. The monoisotopic (exact) mass is 466 g/mol. The van der Waals surface area contributed by atoms with Gasteiger partial charge < -0.3 is 15.4 Å². The first kappa shape index (κ1) is 21.6. The molecule has 0 bridgehead atoms. The van der Waals surface area contributed by atoms with Gasteiger partial charge in [0.2, 0.25) is 5.91 Å². The first-order valence-corrected chi connectivity index (χ1v) is 10.5. The van der Waals surface area contributed by atoms with Gasteiger partial charge in [0.1, 0.15) is 12.4 Å². The van der Waals surface area contributed by atoms with Gasteiger partial charge >= 0.3 is 0 Å². The summed E-state index contributed by atoms with van der Waals surface area (Å²) in [7, 11) is 0. The van der Waals surface area contributed by atoms with Gasteiger partial charge in [0.05, 0.1) is 12.1 Å². The Kier molecular flexibility index (Phi) is 8.03. The molecule has 2 N–H and O–H groups in total. The van der Waals surface area contributed by atoms with Gasteiger partial charge in [-0.15, -0.1) is 0 Å². The third-order valence-corrected chi connectivity index (χ3v) is 4.90. The van der Waals surface area contributed by atoms with E-state index in [-0.39, 0.29) is 18.4 Å². The summed E-state index contributed by atoms with van der Waals surface area (Å²) in [6, 6.07) is 24.7. The molecule has 0 unspecified atom stereocenters. The fourth-order valence-corrected chi connectivity index (χ4v) is 3.32. The molecule has 5 nitrogen and oxygen atoms in total. The van der Waals surface area contributed by atoms with Gasteiger partial charge in [0, 0.05) is 11.0 Å². The Hall–Kier alpha value is -3.12. The molecule has 0 heterocycles. The number of hydrogen-bond donors (Lipinski definition) is 2. The van der Waals surface area contributed by atoms with E-state index in [0.29, 0.717) is 24.5 Å². The smallest absolute Gasteiger partial charge is 0.255 e. The molecule has 0 aliphatic carbocycles. The molecular weight excluding hydrogens is 444 g/mol. The van der Waals surface area contributed by atoms with Crippen molar-refractivity contribution in [2.24, 2.45) is 0 Å². The van der Waals surface area contributed by atoms with Gasteiger partial charge in [-0.05, 0) is 41.8 Å². The third-order valence-electron chi connectivity index (χ3n) is 4.40. The number of carbonyl (C=O) groups is 2. The average molecular weight is 467 g/mol. The van der Waals surface area contributed by atoms with E-state index in [2.05, 4.69) is 26.6 Å². The zero-order chi connectivity index (χ0) is 21.2. The summed E-state index contributed by atoms with van der Waals surface area (Å²) in [5.74, 6) is -0.107. The predicted molar refractivity (Wildman–Crippen MR) is 120 cm³/mol. The van der Waals surface area contributed by atoms with Gasteiger partial charge in [0.25, 0.3) is 5.91 Å². The average Bonchev–Trinajstić information content (AvgIpc) is 2.77. The number of rotatable bonds is 9. The van der Waals surface area contributed by atoms with E-state index in [1.165, 1.54) is 0 Å². The highest BCUT2D eigenvalue weighted by Crippen LogP contribution is 2.20. The number of benzene rings is 3. The van der Waals surface area contributed by atoms with Crippen molar-refractivity contribution in [2.45, 2.75) is 13.0 Å². The summed E-state index contributed by atoms with van der Waals surface area (Å²) in [5, 5.41) is 5.47. The molecule has 0 saturated heterocycles. The van der Waals surface area contributed by atoms with Crippen LogP contribution in [0.25, 0.3) is 0 Å². The van der Waals surface area contributed by atoms with E-state index < -0.39 is 0 Å². The highest BCUT2D eigenvalue weighted by atomic mass is 79.9. The Labute approximate surface area is 184 Å². The van der Waals surface area contributed by atoms with Gasteiger partial charge in [-0.1, -0.05) is 70.5 Å². The molecule has 0 radical (unpaired) electrons. The van der Waals surface area contributed by atoms with Crippen LogP contribution in [0.1, 0.15) is 21.5 Å². The number of hydrogen-bond acceptors (Lipinski definition) is 3. The second-order valence-corrected chi connectivity index (χ2v) is 7.60. The number of halogens is 1. The summed E-state index contributed by atoms with van der Waals surface area (Å²) in [6.45, 7) is 0.766. The molecule has 30 heavy (non-hydrogen) atoms. The van der Waals surface area contributed by atoms with E-state index in [9.17, 15) is 9.59 Å². The lowest BCUT2D eigenvalue weighted by molar-refractivity contribution is -0.120. The maximum atomic E-state index is 12.6. The number of carbonyl (C=O) groups excluding carboxylic acids is 2. The van der Waals surface area contributed by atoms with Crippen LogP contribution in [-0.2, 0) is 17.8 Å². The maximum absolute atomic E-state index is 12.6. The zero-order valence-electron chi connectivity index (χ0n) is 16.4. The van der Waals surface area contributed by atoms with Crippen molar-refractivity contribution in [3.63, 3.8) is 0 Å². The molecule has 2 amide bonds. The van der Waals surface area contributed by atoms with E-state index in [0.717, 1.165) is 22.0 Å². The van der Waals surface area contributed by atoms with E-state index in [1.54, 1.807) is 18.2 Å². The lowest BCUT2D eigenvalue weighted by atomic mass is 10.1. The van der Waals surface area contributed by atoms with Crippen LogP contribution in [0.15, 0.2) is 83.3 Å². The Balaban J connectivity index is 1.48. The summed E-state index contributed by atoms with van der Waals surface area (Å²) in [6.07, 6.45) is 0.743. The van der Waals surface area contributed by atoms with Crippen molar-refractivity contribution in [1.29, 1.82) is 0 Å². The predicted octanol–water partition coefficient (Wildman–Crippen LogP) is 4.12. The Bertz CT molecular complexity index is 993. The van der Waals surface area contributed by atoms with Crippen molar-refractivity contribution in [2.75, 3.05) is 13.1 Å². The first-order chi connectivity index (χ1) is 14.6. The van der Waals surface area contributed by atoms with Gasteiger partial charge in [-0.2, -0.15) is 0 Å². The SMILES string of the molecule is O=C(CNC(=O)c1ccccc1OCc1cccc(Br)c1)NCCc1ccccc1. The van der Waals surface area contributed by atoms with Crippen molar-refractivity contribution in [3.8, 4) is 5.75 Å². The lowest BCUT2D eigenvalue weighted by Gasteiger charge is -2.12. The number of para-hydroxylation sites is 1. The molecule has 0 spiro atoms. The molecule has 6 heteroatoms. The molecule has 3 aromatic carbocycles. The van der Waals surface area contributed by atoms with Crippen LogP contribution in [0.4, 0.5) is 0 Å². The Morgan fingerprint density at radius 1 is 0.833 bits per heavy atom. The molecule has 0 aliphatic rings. The number of amides is 2. The third kappa shape index (κ3) is 6.74. The Morgan fingerprint density at radius 3 is 2.37 bits per heavy atom. The molecule has 3 aromatic rings. The minimum Gasteiger partial charge on any atom is -0.488 e. The van der Waals surface area contributed by atoms with Crippen LogP contribution in [0.2, 0.25) is 0 Å². The quantitative estimate of drug-likeness (QED) is 0.498. The summed E-state index contributed by atoms with van der Waals surface area (Å²) < 4.78 is 6.80. The fraction of sp³-hybridized carbons (Fsp3) is 0.167. The second-order valence-electron chi connectivity index (χ2n) is 6.68.